The Labute approximate surface area is 131 Å². The van der Waals surface area contributed by atoms with E-state index in [0.29, 0.717) is 0 Å². The molecule has 1 aliphatic rings. The highest BCUT2D eigenvalue weighted by atomic mass is 19.2. The van der Waals surface area contributed by atoms with Crippen LogP contribution in [0.5, 0.6) is 0 Å². The third-order valence-electron chi connectivity index (χ3n) is 3.78. The second-order valence-corrected chi connectivity index (χ2v) is 5.12. The molecule has 2 nitrogen and oxygen atoms in total. The fourth-order valence-corrected chi connectivity index (χ4v) is 2.59. The fraction of sp³-hybridized carbons (Fsp3) is 0.143. The van der Waals surface area contributed by atoms with E-state index in [0.717, 1.165) is 0 Å². The van der Waals surface area contributed by atoms with Gasteiger partial charge in [0.25, 0.3) is 5.85 Å². The van der Waals surface area contributed by atoms with Crippen LogP contribution in [0.4, 0.5) is 39.5 Å². The number of alkyl halides is 1. The van der Waals surface area contributed by atoms with Gasteiger partial charge in [0.05, 0.1) is 21.9 Å². The average molecular weight is 374 g/mol. The van der Waals surface area contributed by atoms with Crippen molar-refractivity contribution in [3.05, 3.63) is 51.9 Å². The van der Waals surface area contributed by atoms with E-state index in [9.17, 15) is 44.6 Å². The second-order valence-electron chi connectivity index (χ2n) is 5.12. The summed E-state index contributed by atoms with van der Waals surface area (Å²) in [5.41, 5.74) is -4.17. The number of hydrogen-bond donors (Lipinski definition) is 2. The van der Waals surface area contributed by atoms with Crippen LogP contribution in [0.25, 0.3) is 16.6 Å². The van der Waals surface area contributed by atoms with Crippen LogP contribution in [0.3, 0.4) is 0 Å². The first-order valence-corrected chi connectivity index (χ1v) is 6.26. The van der Waals surface area contributed by atoms with Crippen molar-refractivity contribution in [1.82, 2.24) is 0 Å². The van der Waals surface area contributed by atoms with Crippen molar-refractivity contribution in [2.75, 3.05) is 0 Å². The monoisotopic (exact) mass is 374 g/mol. The maximum Gasteiger partial charge on any atom is 0.269 e. The van der Waals surface area contributed by atoms with Crippen LogP contribution in [0.15, 0.2) is 5.83 Å². The largest absolute Gasteiger partial charge is 0.380 e. The van der Waals surface area contributed by atoms with E-state index in [4.69, 9.17) is 5.11 Å². The summed E-state index contributed by atoms with van der Waals surface area (Å²) in [7, 11) is 0. The molecule has 0 fully saturated rings. The minimum absolute atomic E-state index is 1.97. The van der Waals surface area contributed by atoms with Crippen LogP contribution in [0, 0.1) is 34.9 Å². The molecule has 0 bridgehead atoms. The van der Waals surface area contributed by atoms with E-state index in [1.54, 1.807) is 0 Å². The summed E-state index contributed by atoms with van der Waals surface area (Å²) < 4.78 is 124. The molecule has 25 heavy (non-hydrogen) atoms. The van der Waals surface area contributed by atoms with Crippen molar-refractivity contribution in [2.24, 2.45) is 0 Å². The average Bonchev–Trinajstić information content (AvgIpc) is 2.55. The Bertz CT molecular complexity index is 981. The van der Waals surface area contributed by atoms with E-state index in [2.05, 4.69) is 0 Å². The van der Waals surface area contributed by atoms with Crippen LogP contribution in [0.2, 0.25) is 0 Å². The topological polar surface area (TPSA) is 40.5 Å². The first-order chi connectivity index (χ1) is 11.4. The molecule has 3 rings (SSSR count). The summed E-state index contributed by atoms with van der Waals surface area (Å²) >= 11 is 0. The lowest BCUT2D eigenvalue weighted by Crippen LogP contribution is -2.40. The Morgan fingerprint density at radius 3 is 1.60 bits per heavy atom. The van der Waals surface area contributed by atoms with Gasteiger partial charge in [-0.2, -0.15) is 0 Å². The van der Waals surface area contributed by atoms with E-state index in [1.165, 1.54) is 0 Å². The number of fused-ring (bicyclic) bond motifs is 2. The number of rotatable bonds is 0. The van der Waals surface area contributed by atoms with E-state index >= 15 is 0 Å². The van der Waals surface area contributed by atoms with Crippen LogP contribution in [-0.4, -0.2) is 16.3 Å². The minimum atomic E-state index is -4.51. The highest BCUT2D eigenvalue weighted by Crippen LogP contribution is 2.49. The molecule has 0 aliphatic heterocycles. The molecule has 0 radical (unpaired) electrons. The van der Waals surface area contributed by atoms with Gasteiger partial charge < -0.3 is 10.2 Å². The lowest BCUT2D eigenvalue weighted by molar-refractivity contribution is -0.173. The predicted octanol–water partition coefficient (Wildman–Crippen LogP) is 3.77. The molecule has 0 amide bonds. The Morgan fingerprint density at radius 2 is 1.12 bits per heavy atom. The van der Waals surface area contributed by atoms with Crippen LogP contribution < -0.4 is 0 Å². The Hall–Kier alpha value is -2.27. The summed E-state index contributed by atoms with van der Waals surface area (Å²) in [5, 5.41) is 14.6. The summed E-state index contributed by atoms with van der Waals surface area (Å²) in [6.45, 7) is 0. The van der Waals surface area contributed by atoms with Crippen molar-refractivity contribution in [3.63, 3.8) is 0 Å². The molecule has 11 heteroatoms. The highest BCUT2D eigenvalue weighted by molar-refractivity contribution is 5.91. The molecule has 2 aromatic rings. The van der Waals surface area contributed by atoms with E-state index in [-0.39, 0.29) is 0 Å². The number of aliphatic hydroxyl groups is 2. The quantitative estimate of drug-likeness (QED) is 0.419. The lowest BCUT2D eigenvalue weighted by Gasteiger charge is -2.31. The Morgan fingerprint density at radius 1 is 0.680 bits per heavy atom. The highest BCUT2D eigenvalue weighted by Gasteiger charge is 2.52. The smallest absolute Gasteiger partial charge is 0.269 e. The van der Waals surface area contributed by atoms with Crippen molar-refractivity contribution in [3.8, 4) is 0 Å². The zero-order valence-electron chi connectivity index (χ0n) is 11.4. The molecular formula is C14H3F9O2. The molecule has 2 N–H and O–H groups in total. The zero-order valence-corrected chi connectivity index (χ0v) is 11.4. The molecule has 0 heterocycles. The molecule has 2 atom stereocenters. The third kappa shape index (κ3) is 1.96. The van der Waals surface area contributed by atoms with Crippen molar-refractivity contribution < 1.29 is 49.7 Å². The van der Waals surface area contributed by atoms with Gasteiger partial charge in [0.15, 0.2) is 41.0 Å². The van der Waals surface area contributed by atoms with Gasteiger partial charge in [-0.15, -0.1) is 0 Å². The molecule has 134 valence electrons. The first-order valence-electron chi connectivity index (χ1n) is 6.26. The van der Waals surface area contributed by atoms with Gasteiger partial charge >= 0.3 is 0 Å². The summed E-state index contributed by atoms with van der Waals surface area (Å²) in [6.07, 6.45) is -3.37. The second kappa shape index (κ2) is 5.11. The van der Waals surface area contributed by atoms with Crippen LogP contribution in [-0.2, 0) is 5.85 Å². The van der Waals surface area contributed by atoms with E-state index < -0.39 is 80.4 Å². The molecular weight excluding hydrogens is 371 g/mol. The predicted molar refractivity (Wildman–Crippen MR) is 63.8 cm³/mol. The normalized spacial score (nSPS) is 23.4. The summed E-state index contributed by atoms with van der Waals surface area (Å²) in [6, 6.07) is 0. The lowest BCUT2D eigenvalue weighted by atomic mass is 9.85. The fourth-order valence-electron chi connectivity index (χ4n) is 2.59. The molecule has 0 spiro atoms. The number of hydrogen-bond acceptors (Lipinski definition) is 2. The van der Waals surface area contributed by atoms with Gasteiger partial charge in [-0.1, -0.05) is 0 Å². The minimum Gasteiger partial charge on any atom is -0.380 e. The summed E-state index contributed by atoms with van der Waals surface area (Å²) in [5.74, 6) is -24.5. The SMILES string of the molecule is OC1C(F)=C(F)c2c(c(F)c3c(F)c(F)c(F)c(F)c3c2F)C1(O)F. The number of halogens is 9. The van der Waals surface area contributed by atoms with Gasteiger partial charge in [0.2, 0.25) is 0 Å². The summed E-state index contributed by atoms with van der Waals surface area (Å²) in [4.78, 5) is 0. The Balaban J connectivity index is 2.69. The zero-order chi connectivity index (χ0) is 19.0. The van der Waals surface area contributed by atoms with Crippen LogP contribution >= 0.6 is 0 Å². The number of benzene rings is 2. The first kappa shape index (κ1) is 17.5. The molecule has 1 aliphatic carbocycles. The molecule has 2 aromatic carbocycles. The van der Waals surface area contributed by atoms with Crippen LogP contribution in [0.1, 0.15) is 11.1 Å². The van der Waals surface area contributed by atoms with Crippen molar-refractivity contribution >= 4 is 16.6 Å². The van der Waals surface area contributed by atoms with E-state index in [1.807, 2.05) is 0 Å². The van der Waals surface area contributed by atoms with Gasteiger partial charge in [0, 0.05) is 0 Å². The maximum atomic E-state index is 14.4. The standard InChI is InChI=1S/C14H3F9O2/c15-5-1-2(8(18)11(21)10(20)7(1)17)6(16)4-3(5)9(19)12(22)13(24)14(4,23)25/h13,24-25H. The number of aliphatic hydroxyl groups excluding tert-OH is 1. The Kier molecular flexibility index (Phi) is 3.59. The van der Waals surface area contributed by atoms with Gasteiger partial charge in [-0.25, -0.2) is 39.5 Å². The van der Waals surface area contributed by atoms with Crippen molar-refractivity contribution in [2.45, 2.75) is 12.0 Å². The molecule has 0 saturated heterocycles. The maximum absolute atomic E-state index is 14.4. The molecule has 0 saturated carbocycles. The van der Waals surface area contributed by atoms with Crippen molar-refractivity contribution in [1.29, 1.82) is 0 Å². The van der Waals surface area contributed by atoms with Gasteiger partial charge in [-0.05, 0) is 0 Å². The molecule has 0 aromatic heterocycles. The molecule has 2 unspecified atom stereocenters. The van der Waals surface area contributed by atoms with Gasteiger partial charge in [0.1, 0.15) is 11.6 Å². The third-order valence-corrected chi connectivity index (χ3v) is 3.78. The van der Waals surface area contributed by atoms with Gasteiger partial charge in [-0.3, -0.25) is 0 Å².